The van der Waals surface area contributed by atoms with E-state index in [1.807, 2.05) is 27.7 Å². The van der Waals surface area contributed by atoms with Crippen LogP contribution in [0, 0.1) is 11.8 Å². The molecule has 0 heterocycles. The zero-order valence-electron chi connectivity index (χ0n) is 10.1. The Balaban J connectivity index is 3.58. The van der Waals surface area contributed by atoms with E-state index in [4.69, 9.17) is 0 Å². The molecule has 4 nitrogen and oxygen atoms in total. The summed E-state index contributed by atoms with van der Waals surface area (Å²) in [5.41, 5.74) is 0. The molecule has 2 amide bonds. The summed E-state index contributed by atoms with van der Waals surface area (Å²) in [6.45, 7) is 8.73. The molecule has 0 aromatic rings. The molecule has 4 heteroatoms. The third kappa shape index (κ3) is 9.25. The lowest BCUT2D eigenvalue weighted by atomic mass is 10.1. The van der Waals surface area contributed by atoms with E-state index in [0.717, 1.165) is 0 Å². The average Bonchev–Trinajstić information content (AvgIpc) is 2.10. The summed E-state index contributed by atoms with van der Waals surface area (Å²) in [5.74, 6) is 0.564. The number of hydrogen-bond acceptors (Lipinski definition) is 2. The van der Waals surface area contributed by atoms with Crippen molar-refractivity contribution in [1.82, 2.24) is 10.6 Å². The molecule has 0 saturated heterocycles. The molecule has 0 aromatic carbocycles. The smallest absolute Gasteiger partial charge is 0.239 e. The lowest BCUT2D eigenvalue weighted by molar-refractivity contribution is -0.126. The molecule has 0 bridgehead atoms. The van der Waals surface area contributed by atoms with Gasteiger partial charge in [0.05, 0.1) is 6.54 Å². The van der Waals surface area contributed by atoms with Gasteiger partial charge < -0.3 is 10.6 Å². The molecule has 88 valence electrons. The molecule has 2 N–H and O–H groups in total. The second kappa shape index (κ2) is 7.26. The molecule has 0 fully saturated rings. The lowest BCUT2D eigenvalue weighted by Gasteiger charge is -2.09. The monoisotopic (exact) mass is 214 g/mol. The molecule has 0 aliphatic rings. The second-order valence-corrected chi connectivity index (χ2v) is 4.57. The summed E-state index contributed by atoms with van der Waals surface area (Å²) in [7, 11) is 0. The minimum Gasteiger partial charge on any atom is -0.354 e. The van der Waals surface area contributed by atoms with Crippen molar-refractivity contribution in [2.45, 2.75) is 34.1 Å². The number of carbonyl (C=O) groups excluding carboxylic acids is 2. The Labute approximate surface area is 91.8 Å². The highest BCUT2D eigenvalue weighted by Crippen LogP contribution is 1.97. The fraction of sp³-hybridized carbons (Fsp3) is 0.818. The van der Waals surface area contributed by atoms with Crippen LogP contribution in [-0.4, -0.2) is 24.9 Å². The van der Waals surface area contributed by atoms with Crippen molar-refractivity contribution in [2.75, 3.05) is 13.1 Å². The fourth-order valence-electron chi connectivity index (χ4n) is 1.00. The average molecular weight is 214 g/mol. The normalized spacial score (nSPS) is 10.5. The van der Waals surface area contributed by atoms with E-state index in [1.165, 1.54) is 0 Å². The Morgan fingerprint density at radius 1 is 0.933 bits per heavy atom. The van der Waals surface area contributed by atoms with Gasteiger partial charge in [0, 0.05) is 13.0 Å². The molecule has 0 atom stereocenters. The van der Waals surface area contributed by atoms with Crippen LogP contribution < -0.4 is 10.6 Å². The van der Waals surface area contributed by atoms with Crippen LogP contribution in [-0.2, 0) is 9.59 Å². The highest BCUT2D eigenvalue weighted by atomic mass is 16.2. The van der Waals surface area contributed by atoms with E-state index >= 15 is 0 Å². The summed E-state index contributed by atoms with van der Waals surface area (Å²) < 4.78 is 0. The molecule has 0 unspecified atom stereocenters. The van der Waals surface area contributed by atoms with Gasteiger partial charge in [0.2, 0.25) is 11.8 Å². The highest BCUT2D eigenvalue weighted by Gasteiger charge is 2.07. The van der Waals surface area contributed by atoms with Crippen LogP contribution in [0.25, 0.3) is 0 Å². The predicted molar refractivity (Wildman–Crippen MR) is 60.3 cm³/mol. The van der Waals surface area contributed by atoms with Crippen molar-refractivity contribution in [3.05, 3.63) is 0 Å². The van der Waals surface area contributed by atoms with Crippen molar-refractivity contribution in [2.24, 2.45) is 11.8 Å². The summed E-state index contributed by atoms with van der Waals surface area (Å²) in [5, 5.41) is 5.32. The molecule has 0 spiro atoms. The van der Waals surface area contributed by atoms with E-state index in [2.05, 4.69) is 10.6 Å². The van der Waals surface area contributed by atoms with Gasteiger partial charge in [-0.2, -0.15) is 0 Å². The quantitative estimate of drug-likeness (QED) is 0.691. The molecule has 0 saturated carbocycles. The van der Waals surface area contributed by atoms with Crippen molar-refractivity contribution in [3.8, 4) is 0 Å². The summed E-state index contributed by atoms with van der Waals surface area (Å²) in [6.07, 6.45) is 0.470. The molecule has 0 radical (unpaired) electrons. The molecule has 0 rings (SSSR count). The lowest BCUT2D eigenvalue weighted by Crippen LogP contribution is -2.38. The summed E-state index contributed by atoms with van der Waals surface area (Å²) in [4.78, 5) is 22.4. The van der Waals surface area contributed by atoms with Gasteiger partial charge in [0.1, 0.15) is 0 Å². The van der Waals surface area contributed by atoms with Crippen molar-refractivity contribution in [1.29, 1.82) is 0 Å². The summed E-state index contributed by atoms with van der Waals surface area (Å²) in [6, 6.07) is 0. The van der Waals surface area contributed by atoms with Crippen LogP contribution in [0.2, 0.25) is 0 Å². The highest BCUT2D eigenvalue weighted by molar-refractivity contribution is 5.84. The minimum absolute atomic E-state index is 0.0651. The van der Waals surface area contributed by atoms with Gasteiger partial charge in [0.25, 0.3) is 0 Å². The third-order valence-corrected chi connectivity index (χ3v) is 1.75. The second-order valence-electron chi connectivity index (χ2n) is 4.57. The Morgan fingerprint density at radius 3 is 2.00 bits per heavy atom. The first kappa shape index (κ1) is 13.9. The number of amides is 2. The fourth-order valence-corrected chi connectivity index (χ4v) is 1.00. The molecule has 0 aliphatic heterocycles. The molecule has 15 heavy (non-hydrogen) atoms. The Morgan fingerprint density at radius 2 is 1.53 bits per heavy atom. The van der Waals surface area contributed by atoms with Gasteiger partial charge in [-0.05, 0) is 11.8 Å². The van der Waals surface area contributed by atoms with Crippen molar-refractivity contribution < 1.29 is 9.59 Å². The number of rotatable bonds is 6. The zero-order valence-corrected chi connectivity index (χ0v) is 10.1. The van der Waals surface area contributed by atoms with Crippen LogP contribution in [0.15, 0.2) is 0 Å². The van der Waals surface area contributed by atoms with Crippen LogP contribution in [0.4, 0.5) is 0 Å². The largest absolute Gasteiger partial charge is 0.354 e. The number of hydrogen-bond donors (Lipinski definition) is 2. The SMILES string of the molecule is CC(C)CNC(=O)CNC(=O)CC(C)C. The molecular formula is C11H22N2O2. The number of nitrogens with one attached hydrogen (secondary N) is 2. The first-order valence-corrected chi connectivity index (χ1v) is 5.45. The first-order valence-electron chi connectivity index (χ1n) is 5.45. The van der Waals surface area contributed by atoms with Crippen LogP contribution in [0.3, 0.4) is 0 Å². The number of carbonyl (C=O) groups is 2. The van der Waals surface area contributed by atoms with Crippen molar-refractivity contribution in [3.63, 3.8) is 0 Å². The predicted octanol–water partition coefficient (Wildman–Crippen LogP) is 0.921. The molecular weight excluding hydrogens is 192 g/mol. The maximum Gasteiger partial charge on any atom is 0.239 e. The van der Waals surface area contributed by atoms with Crippen LogP contribution in [0.1, 0.15) is 34.1 Å². The Bertz CT molecular complexity index is 213. The van der Waals surface area contributed by atoms with E-state index in [1.54, 1.807) is 0 Å². The Hall–Kier alpha value is -1.06. The minimum atomic E-state index is -0.124. The molecule has 0 aromatic heterocycles. The zero-order chi connectivity index (χ0) is 11.8. The third-order valence-electron chi connectivity index (χ3n) is 1.75. The van der Waals surface area contributed by atoms with Gasteiger partial charge >= 0.3 is 0 Å². The first-order chi connectivity index (χ1) is 6.91. The van der Waals surface area contributed by atoms with Gasteiger partial charge in [-0.3, -0.25) is 9.59 Å². The standard InChI is InChI=1S/C11H22N2O2/c1-8(2)5-10(14)13-7-11(15)12-6-9(3)4/h8-9H,5-7H2,1-4H3,(H,12,15)(H,13,14). The van der Waals surface area contributed by atoms with Crippen LogP contribution in [0.5, 0.6) is 0 Å². The van der Waals surface area contributed by atoms with Crippen LogP contribution >= 0.6 is 0 Å². The van der Waals surface area contributed by atoms with E-state index in [-0.39, 0.29) is 18.4 Å². The van der Waals surface area contributed by atoms with Gasteiger partial charge in [-0.1, -0.05) is 27.7 Å². The summed E-state index contributed by atoms with van der Waals surface area (Å²) >= 11 is 0. The Kier molecular flexibility index (Phi) is 6.75. The van der Waals surface area contributed by atoms with E-state index in [0.29, 0.717) is 24.8 Å². The topological polar surface area (TPSA) is 58.2 Å². The van der Waals surface area contributed by atoms with E-state index < -0.39 is 0 Å². The van der Waals surface area contributed by atoms with Crippen molar-refractivity contribution >= 4 is 11.8 Å². The van der Waals surface area contributed by atoms with Gasteiger partial charge in [0.15, 0.2) is 0 Å². The van der Waals surface area contributed by atoms with E-state index in [9.17, 15) is 9.59 Å². The maximum atomic E-state index is 11.2. The van der Waals surface area contributed by atoms with Gasteiger partial charge in [-0.15, -0.1) is 0 Å². The van der Waals surface area contributed by atoms with Gasteiger partial charge in [-0.25, -0.2) is 0 Å². The molecule has 0 aliphatic carbocycles. The maximum absolute atomic E-state index is 11.2.